The Morgan fingerprint density at radius 1 is 1.14 bits per heavy atom. The van der Waals surface area contributed by atoms with Crippen molar-refractivity contribution >= 4 is 37.5 Å². The molecule has 152 valence electrons. The summed E-state index contributed by atoms with van der Waals surface area (Å²) in [6.07, 6.45) is -0.828. The van der Waals surface area contributed by atoms with E-state index < -0.39 is 27.6 Å². The highest BCUT2D eigenvalue weighted by molar-refractivity contribution is 9.10. The highest BCUT2D eigenvalue weighted by atomic mass is 79.9. The lowest BCUT2D eigenvalue weighted by molar-refractivity contribution is -0.122. The summed E-state index contributed by atoms with van der Waals surface area (Å²) in [4.78, 5) is 12.6. The van der Waals surface area contributed by atoms with Gasteiger partial charge in [0, 0.05) is 5.54 Å². The molecule has 1 atom stereocenters. The molecular weight excluding hydrogens is 444 g/mol. The van der Waals surface area contributed by atoms with E-state index in [2.05, 4.69) is 26.0 Å². The van der Waals surface area contributed by atoms with Gasteiger partial charge in [0.1, 0.15) is 10.6 Å². The predicted octanol–water partition coefficient (Wildman–Crippen LogP) is 4.24. The second kappa shape index (κ2) is 8.63. The van der Waals surface area contributed by atoms with Gasteiger partial charge in [0.15, 0.2) is 6.10 Å². The SMILES string of the molecule is Cc1ccc(OC(C)C(=O)Nc2ccccc2S(=O)(=O)NC(C)(C)C)c(Br)c1. The monoisotopic (exact) mass is 468 g/mol. The Bertz CT molecular complexity index is 968. The molecule has 0 radical (unpaired) electrons. The van der Waals surface area contributed by atoms with Crippen LogP contribution in [0, 0.1) is 6.92 Å². The molecule has 8 heteroatoms. The van der Waals surface area contributed by atoms with Crippen LogP contribution in [0.25, 0.3) is 0 Å². The summed E-state index contributed by atoms with van der Waals surface area (Å²) in [6.45, 7) is 8.81. The number of anilines is 1. The van der Waals surface area contributed by atoms with Gasteiger partial charge in [-0.25, -0.2) is 13.1 Å². The third-order valence-electron chi connectivity index (χ3n) is 3.64. The number of carbonyl (C=O) groups is 1. The number of carbonyl (C=O) groups excluding carboxylic acids is 1. The van der Waals surface area contributed by atoms with Gasteiger partial charge in [0.2, 0.25) is 10.0 Å². The largest absolute Gasteiger partial charge is 0.480 e. The van der Waals surface area contributed by atoms with E-state index >= 15 is 0 Å². The molecule has 28 heavy (non-hydrogen) atoms. The lowest BCUT2D eigenvalue weighted by atomic mass is 10.1. The van der Waals surface area contributed by atoms with Gasteiger partial charge in [-0.15, -0.1) is 0 Å². The second-order valence-electron chi connectivity index (χ2n) is 7.53. The summed E-state index contributed by atoms with van der Waals surface area (Å²) in [5, 5.41) is 2.65. The fourth-order valence-corrected chi connectivity index (χ4v) is 4.61. The van der Waals surface area contributed by atoms with Crippen molar-refractivity contribution < 1.29 is 17.9 Å². The number of nitrogens with one attached hydrogen (secondary N) is 2. The van der Waals surface area contributed by atoms with Gasteiger partial charge in [-0.05, 0) is 80.4 Å². The van der Waals surface area contributed by atoms with Gasteiger partial charge >= 0.3 is 0 Å². The number of ether oxygens (including phenoxy) is 1. The van der Waals surface area contributed by atoms with E-state index in [-0.39, 0.29) is 10.6 Å². The molecule has 1 amide bonds. The molecule has 2 aromatic rings. The van der Waals surface area contributed by atoms with Crippen LogP contribution < -0.4 is 14.8 Å². The molecule has 0 bridgehead atoms. The Hall–Kier alpha value is -1.90. The molecule has 0 fully saturated rings. The van der Waals surface area contributed by atoms with Crippen molar-refractivity contribution in [2.45, 2.75) is 51.2 Å². The summed E-state index contributed by atoms with van der Waals surface area (Å²) in [5.41, 5.74) is 0.605. The van der Waals surface area contributed by atoms with E-state index in [0.717, 1.165) is 10.0 Å². The van der Waals surface area contributed by atoms with Crippen molar-refractivity contribution in [3.05, 3.63) is 52.5 Å². The van der Waals surface area contributed by atoms with Crippen LogP contribution in [0.5, 0.6) is 5.75 Å². The number of sulfonamides is 1. The van der Waals surface area contributed by atoms with Crippen LogP contribution in [-0.2, 0) is 14.8 Å². The van der Waals surface area contributed by atoms with E-state index in [9.17, 15) is 13.2 Å². The maximum atomic E-state index is 12.7. The second-order valence-corrected chi connectivity index (χ2v) is 10.0. The van der Waals surface area contributed by atoms with Crippen molar-refractivity contribution in [3.8, 4) is 5.75 Å². The maximum absolute atomic E-state index is 12.7. The molecule has 0 aliphatic heterocycles. The topological polar surface area (TPSA) is 84.5 Å². The highest BCUT2D eigenvalue weighted by Gasteiger charge is 2.26. The number of halogens is 1. The summed E-state index contributed by atoms with van der Waals surface area (Å²) < 4.78 is 34.4. The Morgan fingerprint density at radius 2 is 1.79 bits per heavy atom. The Labute approximate surface area is 174 Å². The van der Waals surface area contributed by atoms with E-state index in [1.807, 2.05) is 19.1 Å². The third-order valence-corrected chi connectivity index (χ3v) is 6.07. The number of para-hydroxylation sites is 1. The number of amides is 1. The standard InChI is InChI=1S/C20H25BrN2O4S/c1-13-10-11-17(15(21)12-13)27-14(2)19(24)22-16-8-6-7-9-18(16)28(25,26)23-20(3,4)5/h6-12,14,23H,1-5H3,(H,22,24). The summed E-state index contributed by atoms with van der Waals surface area (Å²) in [5.74, 6) is 0.0782. The van der Waals surface area contributed by atoms with Crippen LogP contribution in [0.15, 0.2) is 51.8 Å². The summed E-state index contributed by atoms with van der Waals surface area (Å²) >= 11 is 3.41. The van der Waals surface area contributed by atoms with E-state index in [4.69, 9.17) is 4.74 Å². The minimum Gasteiger partial charge on any atom is -0.480 e. The summed E-state index contributed by atoms with van der Waals surface area (Å²) in [6, 6.07) is 11.8. The normalized spacial score (nSPS) is 13.1. The van der Waals surface area contributed by atoms with Gasteiger partial charge in [-0.1, -0.05) is 18.2 Å². The fourth-order valence-electron chi connectivity index (χ4n) is 2.44. The first-order valence-electron chi connectivity index (χ1n) is 8.76. The fraction of sp³-hybridized carbons (Fsp3) is 0.350. The molecule has 0 spiro atoms. The lowest BCUT2D eigenvalue weighted by Gasteiger charge is -2.22. The quantitative estimate of drug-likeness (QED) is 0.663. The van der Waals surface area contributed by atoms with Crippen LogP contribution in [0.1, 0.15) is 33.3 Å². The molecule has 6 nitrogen and oxygen atoms in total. The van der Waals surface area contributed by atoms with Gasteiger partial charge < -0.3 is 10.1 Å². The number of aryl methyl sites for hydroxylation is 1. The smallest absolute Gasteiger partial charge is 0.265 e. The Balaban J connectivity index is 2.20. The first kappa shape index (κ1) is 22.4. The zero-order valence-electron chi connectivity index (χ0n) is 16.5. The lowest BCUT2D eigenvalue weighted by Crippen LogP contribution is -2.41. The van der Waals surface area contributed by atoms with Crippen molar-refractivity contribution in [2.75, 3.05) is 5.32 Å². The zero-order valence-corrected chi connectivity index (χ0v) is 18.9. The van der Waals surface area contributed by atoms with Crippen molar-refractivity contribution in [1.82, 2.24) is 4.72 Å². The first-order valence-corrected chi connectivity index (χ1v) is 11.0. The third kappa shape index (κ3) is 6.05. The Kier molecular flexibility index (Phi) is 6.90. The van der Waals surface area contributed by atoms with E-state index in [1.54, 1.807) is 52.0 Å². The predicted molar refractivity (Wildman–Crippen MR) is 114 cm³/mol. The average Bonchev–Trinajstić information content (AvgIpc) is 2.55. The van der Waals surface area contributed by atoms with Crippen molar-refractivity contribution in [3.63, 3.8) is 0 Å². The molecule has 2 aromatic carbocycles. The molecule has 0 aliphatic rings. The molecule has 0 saturated heterocycles. The zero-order chi connectivity index (χ0) is 21.1. The molecule has 2 rings (SSSR count). The minimum atomic E-state index is -3.80. The van der Waals surface area contributed by atoms with Gasteiger partial charge in [-0.2, -0.15) is 0 Å². The van der Waals surface area contributed by atoms with Crippen molar-refractivity contribution in [2.24, 2.45) is 0 Å². The number of hydrogen-bond donors (Lipinski definition) is 2. The number of benzene rings is 2. The molecular formula is C20H25BrN2O4S. The highest BCUT2D eigenvalue weighted by Crippen LogP contribution is 2.27. The van der Waals surface area contributed by atoms with Crippen LogP contribution in [0.2, 0.25) is 0 Å². The number of rotatable bonds is 6. The maximum Gasteiger partial charge on any atom is 0.265 e. The van der Waals surface area contributed by atoms with E-state index in [1.165, 1.54) is 6.07 Å². The minimum absolute atomic E-state index is 0.00184. The average molecular weight is 469 g/mol. The molecule has 2 N–H and O–H groups in total. The molecule has 0 aromatic heterocycles. The van der Waals surface area contributed by atoms with Gasteiger partial charge in [0.25, 0.3) is 5.91 Å². The molecule has 0 heterocycles. The first-order chi connectivity index (χ1) is 12.9. The van der Waals surface area contributed by atoms with Crippen LogP contribution in [-0.4, -0.2) is 26.0 Å². The van der Waals surface area contributed by atoms with Crippen LogP contribution in [0.3, 0.4) is 0 Å². The van der Waals surface area contributed by atoms with E-state index in [0.29, 0.717) is 5.75 Å². The summed E-state index contributed by atoms with van der Waals surface area (Å²) in [7, 11) is -3.80. The Morgan fingerprint density at radius 3 is 2.39 bits per heavy atom. The molecule has 0 saturated carbocycles. The van der Waals surface area contributed by atoms with Crippen LogP contribution >= 0.6 is 15.9 Å². The van der Waals surface area contributed by atoms with Crippen LogP contribution in [0.4, 0.5) is 5.69 Å². The van der Waals surface area contributed by atoms with Crippen molar-refractivity contribution in [1.29, 1.82) is 0 Å². The van der Waals surface area contributed by atoms with Gasteiger partial charge in [0.05, 0.1) is 10.2 Å². The molecule has 1 unspecified atom stereocenters. The molecule has 0 aliphatic carbocycles. The van der Waals surface area contributed by atoms with Gasteiger partial charge in [-0.3, -0.25) is 4.79 Å². The number of hydrogen-bond acceptors (Lipinski definition) is 4.